The van der Waals surface area contributed by atoms with Gasteiger partial charge in [-0.1, -0.05) is 12.1 Å². The van der Waals surface area contributed by atoms with Crippen LogP contribution in [0.25, 0.3) is 6.08 Å². The van der Waals surface area contributed by atoms with Crippen LogP contribution in [0.1, 0.15) is 12.5 Å². The molecule has 0 spiro atoms. The number of halogens is 1. The molecule has 2 aromatic carbocycles. The summed E-state index contributed by atoms with van der Waals surface area (Å²) in [6, 6.07) is 11.5. The van der Waals surface area contributed by atoms with Crippen LogP contribution in [0.3, 0.4) is 0 Å². The molecule has 0 radical (unpaired) electrons. The molecular formula is C19H17FN2O4S2. The fourth-order valence-corrected chi connectivity index (χ4v) is 4.71. The Morgan fingerprint density at radius 1 is 1.14 bits per heavy atom. The standard InChI is InChI=1S/C19H17FN2O4S2/c1-3-22-18(23)17(12-13-4-8-15(26-2)9-5-13)27-19(22)21-28(24,25)16-10-6-14(20)7-11-16/h4-12H,3H2,1-2H3/b17-12-,21-19+. The van der Waals surface area contributed by atoms with E-state index in [0.717, 1.165) is 41.6 Å². The van der Waals surface area contributed by atoms with Crippen LogP contribution in [0.15, 0.2) is 62.7 Å². The Balaban J connectivity index is 1.93. The van der Waals surface area contributed by atoms with E-state index in [9.17, 15) is 17.6 Å². The SMILES string of the molecule is CCN1C(=O)/C(=C/c2ccc(OC)cc2)S/C1=N/S(=O)(=O)c1ccc(F)cc1. The van der Waals surface area contributed by atoms with Crippen molar-refractivity contribution in [2.45, 2.75) is 11.8 Å². The molecule has 146 valence electrons. The Labute approximate surface area is 166 Å². The van der Waals surface area contributed by atoms with Crippen molar-refractivity contribution >= 4 is 38.9 Å². The number of sulfonamides is 1. The fourth-order valence-electron chi connectivity index (χ4n) is 2.47. The number of carbonyl (C=O) groups is 1. The molecule has 1 fully saturated rings. The van der Waals surface area contributed by atoms with Crippen molar-refractivity contribution in [3.8, 4) is 5.75 Å². The summed E-state index contributed by atoms with van der Waals surface area (Å²) in [5, 5.41) is 0.0663. The van der Waals surface area contributed by atoms with Crippen LogP contribution in [0.4, 0.5) is 4.39 Å². The first-order valence-corrected chi connectivity index (χ1v) is 10.6. The minimum absolute atomic E-state index is 0.0663. The van der Waals surface area contributed by atoms with E-state index in [1.54, 1.807) is 44.4 Å². The van der Waals surface area contributed by atoms with E-state index in [1.165, 1.54) is 4.90 Å². The summed E-state index contributed by atoms with van der Waals surface area (Å²) in [5.41, 5.74) is 0.773. The second kappa shape index (κ2) is 8.15. The number of carbonyl (C=O) groups excluding carboxylic acids is 1. The summed E-state index contributed by atoms with van der Waals surface area (Å²) in [5.74, 6) is -0.177. The number of benzene rings is 2. The van der Waals surface area contributed by atoms with Crippen LogP contribution in [0.5, 0.6) is 5.75 Å². The maximum absolute atomic E-state index is 13.1. The Morgan fingerprint density at radius 2 is 1.79 bits per heavy atom. The Hall–Kier alpha value is -2.65. The van der Waals surface area contributed by atoms with E-state index in [0.29, 0.717) is 10.7 Å². The van der Waals surface area contributed by atoms with Gasteiger partial charge >= 0.3 is 0 Å². The molecule has 9 heteroatoms. The average molecular weight is 420 g/mol. The summed E-state index contributed by atoms with van der Waals surface area (Å²) in [4.78, 5) is 14.1. The van der Waals surface area contributed by atoms with Gasteiger partial charge in [0.05, 0.1) is 16.9 Å². The van der Waals surface area contributed by atoms with Crippen molar-refractivity contribution in [3.63, 3.8) is 0 Å². The van der Waals surface area contributed by atoms with Gasteiger partial charge in [-0.05, 0) is 66.7 Å². The smallest absolute Gasteiger partial charge is 0.284 e. The normalized spacial score (nSPS) is 17.5. The van der Waals surface area contributed by atoms with E-state index < -0.39 is 15.8 Å². The highest BCUT2D eigenvalue weighted by Gasteiger charge is 2.34. The minimum Gasteiger partial charge on any atom is -0.497 e. The zero-order chi connectivity index (χ0) is 20.3. The van der Waals surface area contributed by atoms with Gasteiger partial charge in [-0.3, -0.25) is 9.69 Å². The maximum atomic E-state index is 13.1. The molecule has 3 rings (SSSR count). The monoisotopic (exact) mass is 420 g/mol. The Morgan fingerprint density at radius 3 is 2.36 bits per heavy atom. The molecule has 0 unspecified atom stereocenters. The molecule has 2 aromatic rings. The lowest BCUT2D eigenvalue weighted by Gasteiger charge is -2.11. The highest BCUT2D eigenvalue weighted by Crippen LogP contribution is 2.33. The van der Waals surface area contributed by atoms with Crippen molar-refractivity contribution in [3.05, 3.63) is 64.8 Å². The average Bonchev–Trinajstić information content (AvgIpc) is 2.96. The van der Waals surface area contributed by atoms with Crippen molar-refractivity contribution in [1.29, 1.82) is 0 Å². The summed E-state index contributed by atoms with van der Waals surface area (Å²) in [7, 11) is -2.51. The molecule has 0 aliphatic carbocycles. The van der Waals surface area contributed by atoms with Gasteiger partial charge in [0.25, 0.3) is 15.9 Å². The highest BCUT2D eigenvalue weighted by atomic mass is 32.2. The molecule has 0 atom stereocenters. The summed E-state index contributed by atoms with van der Waals surface area (Å²) >= 11 is 0.984. The van der Waals surface area contributed by atoms with Gasteiger partial charge in [0, 0.05) is 6.54 Å². The number of nitrogens with zero attached hydrogens (tertiary/aromatic N) is 2. The van der Waals surface area contributed by atoms with Crippen molar-refractivity contribution < 1.29 is 22.3 Å². The lowest BCUT2D eigenvalue weighted by Crippen LogP contribution is -2.29. The number of amidine groups is 1. The van der Waals surface area contributed by atoms with Crippen molar-refractivity contribution in [2.75, 3.05) is 13.7 Å². The quantitative estimate of drug-likeness (QED) is 0.692. The van der Waals surface area contributed by atoms with E-state index in [1.807, 2.05) is 0 Å². The van der Waals surface area contributed by atoms with Crippen LogP contribution in [0.2, 0.25) is 0 Å². The van der Waals surface area contributed by atoms with E-state index in [-0.39, 0.29) is 22.5 Å². The molecule has 28 heavy (non-hydrogen) atoms. The zero-order valence-electron chi connectivity index (χ0n) is 15.1. The van der Waals surface area contributed by atoms with Crippen LogP contribution in [-0.4, -0.2) is 38.0 Å². The summed E-state index contributed by atoms with van der Waals surface area (Å²) < 4.78 is 47.0. The Kier molecular flexibility index (Phi) is 5.85. The number of hydrogen-bond acceptors (Lipinski definition) is 5. The lowest BCUT2D eigenvalue weighted by molar-refractivity contribution is -0.122. The van der Waals surface area contributed by atoms with Gasteiger partial charge in [-0.2, -0.15) is 8.42 Å². The predicted molar refractivity (Wildman–Crippen MR) is 107 cm³/mol. The Bertz CT molecular complexity index is 1050. The molecule has 1 heterocycles. The van der Waals surface area contributed by atoms with E-state index in [2.05, 4.69) is 4.40 Å². The van der Waals surface area contributed by atoms with Gasteiger partial charge in [-0.25, -0.2) is 4.39 Å². The second-order valence-electron chi connectivity index (χ2n) is 5.74. The van der Waals surface area contributed by atoms with Gasteiger partial charge in [-0.15, -0.1) is 4.40 Å². The predicted octanol–water partition coefficient (Wildman–Crippen LogP) is 3.52. The molecule has 0 N–H and O–H groups in total. The molecule has 0 aromatic heterocycles. The molecule has 1 aliphatic heterocycles. The third-order valence-electron chi connectivity index (χ3n) is 3.93. The van der Waals surface area contributed by atoms with Crippen LogP contribution < -0.4 is 4.74 Å². The number of methoxy groups -OCH3 is 1. The van der Waals surface area contributed by atoms with Crippen LogP contribution in [0, 0.1) is 5.82 Å². The first-order chi connectivity index (χ1) is 13.3. The molecule has 6 nitrogen and oxygen atoms in total. The van der Waals surface area contributed by atoms with Crippen molar-refractivity contribution in [1.82, 2.24) is 4.90 Å². The number of thioether (sulfide) groups is 1. The molecule has 0 saturated carbocycles. The molecule has 1 amide bonds. The highest BCUT2D eigenvalue weighted by molar-refractivity contribution is 8.19. The van der Waals surface area contributed by atoms with Crippen molar-refractivity contribution in [2.24, 2.45) is 4.40 Å². The largest absolute Gasteiger partial charge is 0.497 e. The summed E-state index contributed by atoms with van der Waals surface area (Å²) in [6.45, 7) is 2.00. The maximum Gasteiger partial charge on any atom is 0.284 e. The molecular weight excluding hydrogens is 403 g/mol. The van der Waals surface area contributed by atoms with E-state index in [4.69, 9.17) is 4.74 Å². The van der Waals surface area contributed by atoms with Gasteiger partial charge in [0.2, 0.25) is 0 Å². The van der Waals surface area contributed by atoms with Gasteiger partial charge in [0.1, 0.15) is 11.6 Å². The minimum atomic E-state index is -4.07. The zero-order valence-corrected chi connectivity index (χ0v) is 16.8. The third kappa shape index (κ3) is 4.26. The number of likely N-dealkylation sites (N-methyl/N-ethyl adjacent to an activating group) is 1. The topological polar surface area (TPSA) is 76.0 Å². The molecule has 1 saturated heterocycles. The number of rotatable bonds is 5. The number of amides is 1. The van der Waals surface area contributed by atoms with Crippen LogP contribution >= 0.6 is 11.8 Å². The fraction of sp³-hybridized carbons (Fsp3) is 0.158. The van der Waals surface area contributed by atoms with Gasteiger partial charge in [0.15, 0.2) is 5.17 Å². The molecule has 1 aliphatic rings. The molecule has 0 bridgehead atoms. The van der Waals surface area contributed by atoms with Gasteiger partial charge < -0.3 is 4.74 Å². The first kappa shape index (κ1) is 20.1. The second-order valence-corrected chi connectivity index (χ2v) is 8.35. The van der Waals surface area contributed by atoms with Crippen LogP contribution in [-0.2, 0) is 14.8 Å². The van der Waals surface area contributed by atoms with E-state index >= 15 is 0 Å². The third-order valence-corrected chi connectivity index (χ3v) is 6.33. The number of hydrogen-bond donors (Lipinski definition) is 0. The lowest BCUT2D eigenvalue weighted by atomic mass is 10.2. The number of ether oxygens (including phenoxy) is 1. The first-order valence-electron chi connectivity index (χ1n) is 8.30. The summed E-state index contributed by atoms with van der Waals surface area (Å²) in [6.07, 6.45) is 1.67.